The van der Waals surface area contributed by atoms with Crippen molar-refractivity contribution in [3.05, 3.63) is 53.7 Å². The number of nitrogens with zero attached hydrogens (tertiary/aromatic N) is 1. The van der Waals surface area contributed by atoms with E-state index in [9.17, 15) is 4.79 Å². The minimum atomic E-state index is -0.181. The average Bonchev–Trinajstić information content (AvgIpc) is 2.38. The molecule has 0 saturated heterocycles. The Bertz CT molecular complexity index is 534. The smallest absolute Gasteiger partial charge is 0.253 e. The number of hydrogen-bond donors (Lipinski definition) is 3. The van der Waals surface area contributed by atoms with Gasteiger partial charge < -0.3 is 16.8 Å². The Morgan fingerprint density at radius 3 is 2.44 bits per heavy atom. The molecule has 0 radical (unpaired) electrons. The van der Waals surface area contributed by atoms with Crippen molar-refractivity contribution in [3.63, 3.8) is 0 Å². The lowest BCUT2D eigenvalue weighted by Crippen LogP contribution is -2.22. The van der Waals surface area contributed by atoms with E-state index < -0.39 is 0 Å². The number of nitrogen functional groups attached to an aromatic ring is 2. The van der Waals surface area contributed by atoms with Crippen molar-refractivity contribution < 1.29 is 4.79 Å². The van der Waals surface area contributed by atoms with Gasteiger partial charge in [0.05, 0.1) is 5.56 Å². The molecule has 0 unspecified atom stereocenters. The SMILES string of the molecule is Nc1ccc(CNC(=O)c2ccc(N)nc2)cc1. The topological polar surface area (TPSA) is 94.0 Å². The first-order valence-electron chi connectivity index (χ1n) is 5.49. The maximum Gasteiger partial charge on any atom is 0.253 e. The van der Waals surface area contributed by atoms with Crippen molar-refractivity contribution in [2.75, 3.05) is 11.5 Å². The fourth-order valence-electron chi connectivity index (χ4n) is 1.46. The number of amides is 1. The van der Waals surface area contributed by atoms with Gasteiger partial charge >= 0.3 is 0 Å². The molecule has 0 aliphatic carbocycles. The van der Waals surface area contributed by atoms with Crippen LogP contribution in [0.15, 0.2) is 42.6 Å². The number of benzene rings is 1. The summed E-state index contributed by atoms with van der Waals surface area (Å²) in [6, 6.07) is 10.6. The first-order valence-corrected chi connectivity index (χ1v) is 5.49. The van der Waals surface area contributed by atoms with Crippen LogP contribution in [0.1, 0.15) is 15.9 Å². The van der Waals surface area contributed by atoms with Gasteiger partial charge in [0.2, 0.25) is 0 Å². The van der Waals surface area contributed by atoms with Gasteiger partial charge in [0.15, 0.2) is 0 Å². The molecule has 1 aromatic heterocycles. The fraction of sp³-hybridized carbons (Fsp3) is 0.0769. The molecule has 0 aliphatic heterocycles. The highest BCUT2D eigenvalue weighted by Gasteiger charge is 2.05. The summed E-state index contributed by atoms with van der Waals surface area (Å²) in [6.45, 7) is 0.448. The molecule has 0 fully saturated rings. The molecule has 0 spiro atoms. The first-order chi connectivity index (χ1) is 8.65. The van der Waals surface area contributed by atoms with E-state index in [1.807, 2.05) is 12.1 Å². The summed E-state index contributed by atoms with van der Waals surface area (Å²) < 4.78 is 0. The molecule has 5 nitrogen and oxygen atoms in total. The van der Waals surface area contributed by atoms with Gasteiger partial charge in [-0.25, -0.2) is 4.98 Å². The predicted octanol–water partition coefficient (Wildman–Crippen LogP) is 1.18. The Kier molecular flexibility index (Phi) is 3.43. The van der Waals surface area contributed by atoms with Crippen molar-refractivity contribution in [1.82, 2.24) is 10.3 Å². The van der Waals surface area contributed by atoms with Crippen LogP contribution in [-0.4, -0.2) is 10.9 Å². The number of nitrogens with two attached hydrogens (primary N) is 2. The van der Waals surface area contributed by atoms with Gasteiger partial charge in [-0.15, -0.1) is 0 Å². The molecule has 1 heterocycles. The summed E-state index contributed by atoms with van der Waals surface area (Å²) in [5.41, 5.74) is 13.2. The second-order valence-electron chi connectivity index (χ2n) is 3.90. The van der Waals surface area contributed by atoms with Gasteiger partial charge in [0, 0.05) is 18.4 Å². The molecule has 0 aliphatic rings. The third-order valence-electron chi connectivity index (χ3n) is 2.48. The molecule has 5 heteroatoms. The standard InChI is InChI=1S/C13H14N4O/c14-11-4-1-9(2-5-11)7-17-13(18)10-3-6-12(15)16-8-10/h1-6,8H,7,14H2,(H2,15,16)(H,17,18). The van der Waals surface area contributed by atoms with E-state index in [0.29, 0.717) is 23.6 Å². The molecule has 0 atom stereocenters. The van der Waals surface area contributed by atoms with Crippen molar-refractivity contribution in [2.45, 2.75) is 6.54 Å². The number of nitrogens with one attached hydrogen (secondary N) is 1. The summed E-state index contributed by atoms with van der Waals surface area (Å²) in [4.78, 5) is 15.6. The van der Waals surface area contributed by atoms with Crippen LogP contribution in [-0.2, 0) is 6.54 Å². The lowest BCUT2D eigenvalue weighted by molar-refractivity contribution is 0.0950. The molecule has 5 N–H and O–H groups in total. The second kappa shape index (κ2) is 5.18. The number of anilines is 2. The summed E-state index contributed by atoms with van der Waals surface area (Å²) in [6.07, 6.45) is 1.45. The summed E-state index contributed by atoms with van der Waals surface area (Å²) in [5.74, 6) is 0.212. The Morgan fingerprint density at radius 2 is 1.83 bits per heavy atom. The molecule has 0 bridgehead atoms. The quantitative estimate of drug-likeness (QED) is 0.704. The van der Waals surface area contributed by atoms with Gasteiger partial charge in [0.1, 0.15) is 5.82 Å². The predicted molar refractivity (Wildman–Crippen MR) is 70.7 cm³/mol. The van der Waals surface area contributed by atoms with Crippen LogP contribution in [0.5, 0.6) is 0 Å². The van der Waals surface area contributed by atoms with E-state index in [2.05, 4.69) is 10.3 Å². The van der Waals surface area contributed by atoms with Crippen LogP contribution in [0.25, 0.3) is 0 Å². The molecular weight excluding hydrogens is 228 g/mol. The minimum Gasteiger partial charge on any atom is -0.399 e. The maximum absolute atomic E-state index is 11.8. The van der Waals surface area contributed by atoms with Crippen molar-refractivity contribution in [3.8, 4) is 0 Å². The Morgan fingerprint density at radius 1 is 1.11 bits per heavy atom. The van der Waals surface area contributed by atoms with Crippen LogP contribution < -0.4 is 16.8 Å². The minimum absolute atomic E-state index is 0.181. The van der Waals surface area contributed by atoms with Crippen molar-refractivity contribution in [2.24, 2.45) is 0 Å². The summed E-state index contributed by atoms with van der Waals surface area (Å²) in [7, 11) is 0. The first kappa shape index (κ1) is 11.9. The fourth-order valence-corrected chi connectivity index (χ4v) is 1.46. The third kappa shape index (κ3) is 2.98. The van der Waals surface area contributed by atoms with Crippen LogP contribution in [0, 0.1) is 0 Å². The molecule has 2 rings (SSSR count). The Labute approximate surface area is 105 Å². The molecule has 2 aromatic rings. The zero-order chi connectivity index (χ0) is 13.0. The van der Waals surface area contributed by atoms with Gasteiger partial charge in [0.25, 0.3) is 5.91 Å². The highest BCUT2D eigenvalue weighted by atomic mass is 16.1. The number of pyridine rings is 1. The third-order valence-corrected chi connectivity index (χ3v) is 2.48. The Balaban J connectivity index is 1.96. The highest BCUT2D eigenvalue weighted by Crippen LogP contribution is 2.06. The van der Waals surface area contributed by atoms with E-state index >= 15 is 0 Å². The molecule has 92 valence electrons. The van der Waals surface area contributed by atoms with E-state index in [1.54, 1.807) is 24.3 Å². The molecule has 1 amide bonds. The summed E-state index contributed by atoms with van der Waals surface area (Å²) in [5, 5.41) is 2.79. The van der Waals surface area contributed by atoms with Crippen molar-refractivity contribution >= 4 is 17.4 Å². The number of rotatable bonds is 3. The van der Waals surface area contributed by atoms with Crippen LogP contribution >= 0.6 is 0 Å². The largest absolute Gasteiger partial charge is 0.399 e. The van der Waals surface area contributed by atoms with Gasteiger partial charge in [-0.3, -0.25) is 4.79 Å². The summed E-state index contributed by atoms with van der Waals surface area (Å²) >= 11 is 0. The van der Waals surface area contributed by atoms with E-state index in [1.165, 1.54) is 6.20 Å². The van der Waals surface area contributed by atoms with Crippen molar-refractivity contribution in [1.29, 1.82) is 0 Å². The normalized spacial score (nSPS) is 10.0. The van der Waals surface area contributed by atoms with Crippen LogP contribution in [0.2, 0.25) is 0 Å². The number of aromatic nitrogens is 1. The molecular formula is C13H14N4O. The number of carbonyl (C=O) groups is 1. The van der Waals surface area contributed by atoms with E-state index in [-0.39, 0.29) is 5.91 Å². The Hall–Kier alpha value is -2.56. The number of hydrogen-bond acceptors (Lipinski definition) is 4. The van der Waals surface area contributed by atoms with Gasteiger partial charge in [-0.05, 0) is 29.8 Å². The maximum atomic E-state index is 11.8. The van der Waals surface area contributed by atoms with Gasteiger partial charge in [-0.1, -0.05) is 12.1 Å². The zero-order valence-corrected chi connectivity index (χ0v) is 9.76. The van der Waals surface area contributed by atoms with Gasteiger partial charge in [-0.2, -0.15) is 0 Å². The lowest BCUT2D eigenvalue weighted by atomic mass is 10.2. The molecule has 18 heavy (non-hydrogen) atoms. The molecule has 0 saturated carbocycles. The van der Waals surface area contributed by atoms with E-state index in [0.717, 1.165) is 5.56 Å². The monoisotopic (exact) mass is 242 g/mol. The zero-order valence-electron chi connectivity index (χ0n) is 9.76. The molecule has 1 aromatic carbocycles. The average molecular weight is 242 g/mol. The lowest BCUT2D eigenvalue weighted by Gasteiger charge is -2.05. The van der Waals surface area contributed by atoms with Crippen LogP contribution in [0.3, 0.4) is 0 Å². The number of carbonyl (C=O) groups excluding carboxylic acids is 1. The van der Waals surface area contributed by atoms with Crippen LogP contribution in [0.4, 0.5) is 11.5 Å². The highest BCUT2D eigenvalue weighted by molar-refractivity contribution is 5.93. The second-order valence-corrected chi connectivity index (χ2v) is 3.90. The van der Waals surface area contributed by atoms with E-state index in [4.69, 9.17) is 11.5 Å².